The number of piperidine rings is 1. The standard InChI is InChI=1S/C37H57NO3/c1-3-4-5-6-7-8-9-10-11-12-13-14-18-24-36(39)41-35-27-25-33(26-28-35)37(40)31(2)38-29-20-19-23-34(38)30-32-21-16-15-17-22-32/h15-17,21-22,25-28,31,34,37,40H,3-14,18-20,23-24,29-30H2,1-2H3. The maximum Gasteiger partial charge on any atom is 0.311 e. The van der Waals surface area contributed by atoms with Crippen molar-refractivity contribution in [2.45, 2.75) is 148 Å². The minimum absolute atomic E-state index is 0.0213. The Labute approximate surface area is 250 Å². The molecule has 3 unspecified atom stereocenters. The van der Waals surface area contributed by atoms with E-state index in [2.05, 4.69) is 49.1 Å². The topological polar surface area (TPSA) is 49.8 Å². The summed E-state index contributed by atoms with van der Waals surface area (Å²) in [4.78, 5) is 14.8. The van der Waals surface area contributed by atoms with Crippen LogP contribution in [0.1, 0.15) is 140 Å². The fourth-order valence-corrected chi connectivity index (χ4v) is 6.33. The van der Waals surface area contributed by atoms with Crippen LogP contribution in [0.3, 0.4) is 0 Å². The van der Waals surface area contributed by atoms with E-state index in [4.69, 9.17) is 4.74 Å². The van der Waals surface area contributed by atoms with Gasteiger partial charge in [0.15, 0.2) is 0 Å². The number of likely N-dealkylation sites (tertiary alicyclic amines) is 1. The highest BCUT2D eigenvalue weighted by Crippen LogP contribution is 2.30. The first-order valence-electron chi connectivity index (χ1n) is 16.9. The monoisotopic (exact) mass is 563 g/mol. The molecule has 2 aromatic carbocycles. The molecular formula is C37H57NO3. The highest BCUT2D eigenvalue weighted by atomic mass is 16.5. The molecule has 3 atom stereocenters. The lowest BCUT2D eigenvalue weighted by Gasteiger charge is -2.42. The number of nitrogens with zero attached hydrogens (tertiary/aromatic N) is 1. The lowest BCUT2D eigenvalue weighted by Crippen LogP contribution is -2.48. The molecule has 41 heavy (non-hydrogen) atoms. The van der Waals surface area contributed by atoms with Gasteiger partial charge in [-0.1, -0.05) is 133 Å². The maximum absolute atomic E-state index is 12.4. The van der Waals surface area contributed by atoms with Crippen LogP contribution in [0.25, 0.3) is 0 Å². The molecule has 1 aliphatic heterocycles. The molecule has 0 radical (unpaired) electrons. The van der Waals surface area contributed by atoms with Crippen LogP contribution in [-0.2, 0) is 11.2 Å². The Morgan fingerprint density at radius 2 is 1.41 bits per heavy atom. The number of ether oxygens (including phenoxy) is 1. The predicted molar refractivity (Wildman–Crippen MR) is 171 cm³/mol. The molecule has 1 heterocycles. The number of esters is 1. The van der Waals surface area contributed by atoms with Crippen LogP contribution in [0.4, 0.5) is 0 Å². The maximum atomic E-state index is 12.4. The van der Waals surface area contributed by atoms with Gasteiger partial charge in [0, 0.05) is 18.5 Å². The molecule has 0 saturated carbocycles. The molecule has 0 bridgehead atoms. The number of hydrogen-bond acceptors (Lipinski definition) is 4. The van der Waals surface area contributed by atoms with Crippen LogP contribution in [0, 0.1) is 0 Å². The Bertz CT molecular complexity index is 944. The predicted octanol–water partition coefficient (Wildman–Crippen LogP) is 9.59. The Balaban J connectivity index is 1.31. The average molecular weight is 564 g/mol. The minimum Gasteiger partial charge on any atom is -0.427 e. The third-order valence-electron chi connectivity index (χ3n) is 8.90. The van der Waals surface area contributed by atoms with Gasteiger partial charge >= 0.3 is 5.97 Å². The number of benzene rings is 2. The molecule has 1 aliphatic rings. The number of carbonyl (C=O) groups excluding carboxylic acids is 1. The Hall–Kier alpha value is -2.17. The summed E-state index contributed by atoms with van der Waals surface area (Å²) in [5.74, 6) is 0.403. The Kier molecular flexibility index (Phi) is 16.1. The summed E-state index contributed by atoms with van der Waals surface area (Å²) in [5, 5.41) is 11.2. The SMILES string of the molecule is CCCCCCCCCCCCCCCC(=O)Oc1ccc(C(O)C(C)N2CCCCC2Cc2ccccc2)cc1. The van der Waals surface area contributed by atoms with Gasteiger partial charge in [0.25, 0.3) is 0 Å². The van der Waals surface area contributed by atoms with Crippen LogP contribution >= 0.6 is 0 Å². The Morgan fingerprint density at radius 1 is 0.829 bits per heavy atom. The molecule has 0 aromatic heterocycles. The van der Waals surface area contributed by atoms with E-state index >= 15 is 0 Å². The normalized spacial score (nSPS) is 17.3. The van der Waals surface area contributed by atoms with E-state index in [0.717, 1.165) is 31.4 Å². The molecule has 0 amide bonds. The molecule has 0 aliphatic carbocycles. The molecule has 4 nitrogen and oxygen atoms in total. The van der Waals surface area contributed by atoms with E-state index in [0.29, 0.717) is 18.2 Å². The van der Waals surface area contributed by atoms with Gasteiger partial charge in [0.1, 0.15) is 5.75 Å². The van der Waals surface area contributed by atoms with Crippen LogP contribution < -0.4 is 4.74 Å². The van der Waals surface area contributed by atoms with Gasteiger partial charge in [-0.3, -0.25) is 9.69 Å². The molecule has 2 aromatic rings. The second kappa shape index (κ2) is 19.9. The summed E-state index contributed by atoms with van der Waals surface area (Å²) in [5.41, 5.74) is 2.23. The van der Waals surface area contributed by atoms with E-state index in [-0.39, 0.29) is 12.0 Å². The zero-order chi connectivity index (χ0) is 29.1. The zero-order valence-corrected chi connectivity index (χ0v) is 26.1. The molecule has 1 fully saturated rings. The lowest BCUT2D eigenvalue weighted by atomic mass is 9.92. The second-order valence-electron chi connectivity index (χ2n) is 12.3. The van der Waals surface area contributed by atoms with Crippen LogP contribution in [0.15, 0.2) is 54.6 Å². The van der Waals surface area contributed by atoms with Gasteiger partial charge in [0.2, 0.25) is 0 Å². The van der Waals surface area contributed by atoms with Gasteiger partial charge < -0.3 is 9.84 Å². The highest BCUT2D eigenvalue weighted by molar-refractivity contribution is 5.72. The average Bonchev–Trinajstić information content (AvgIpc) is 3.00. The van der Waals surface area contributed by atoms with Crippen molar-refractivity contribution in [3.63, 3.8) is 0 Å². The van der Waals surface area contributed by atoms with Crippen LogP contribution in [0.5, 0.6) is 5.75 Å². The van der Waals surface area contributed by atoms with Crippen molar-refractivity contribution in [3.05, 3.63) is 65.7 Å². The smallest absolute Gasteiger partial charge is 0.311 e. The lowest BCUT2D eigenvalue weighted by molar-refractivity contribution is -0.134. The molecule has 3 rings (SSSR count). The van der Waals surface area contributed by atoms with Crippen molar-refractivity contribution in [1.82, 2.24) is 4.90 Å². The van der Waals surface area contributed by atoms with Crippen LogP contribution in [-0.4, -0.2) is 34.6 Å². The van der Waals surface area contributed by atoms with E-state index in [1.165, 1.54) is 95.5 Å². The van der Waals surface area contributed by atoms with Gasteiger partial charge in [0.05, 0.1) is 6.10 Å². The van der Waals surface area contributed by atoms with Crippen molar-refractivity contribution >= 4 is 5.97 Å². The first kappa shape index (κ1) is 33.3. The summed E-state index contributed by atoms with van der Waals surface area (Å²) in [6.45, 7) is 5.43. The molecule has 1 N–H and O–H groups in total. The number of carbonyl (C=O) groups is 1. The summed E-state index contributed by atoms with van der Waals surface area (Å²) < 4.78 is 5.59. The second-order valence-corrected chi connectivity index (χ2v) is 12.3. The summed E-state index contributed by atoms with van der Waals surface area (Å²) in [6.07, 6.45) is 21.3. The number of rotatable bonds is 20. The summed E-state index contributed by atoms with van der Waals surface area (Å²) in [6, 6.07) is 18.6. The summed E-state index contributed by atoms with van der Waals surface area (Å²) in [7, 11) is 0. The highest BCUT2D eigenvalue weighted by Gasteiger charge is 2.31. The number of aliphatic hydroxyl groups excluding tert-OH is 1. The number of hydrogen-bond donors (Lipinski definition) is 1. The third-order valence-corrected chi connectivity index (χ3v) is 8.90. The first-order chi connectivity index (χ1) is 20.1. The van der Waals surface area contributed by atoms with Gasteiger partial charge in [-0.05, 0) is 62.4 Å². The van der Waals surface area contributed by atoms with Gasteiger partial charge in [-0.25, -0.2) is 0 Å². The quantitative estimate of drug-likeness (QED) is 0.0990. The van der Waals surface area contributed by atoms with Gasteiger partial charge in [-0.2, -0.15) is 0 Å². The van der Waals surface area contributed by atoms with Crippen molar-refractivity contribution in [2.24, 2.45) is 0 Å². The third kappa shape index (κ3) is 12.7. The Morgan fingerprint density at radius 3 is 2.02 bits per heavy atom. The van der Waals surface area contributed by atoms with Crippen molar-refractivity contribution < 1.29 is 14.6 Å². The molecule has 1 saturated heterocycles. The van der Waals surface area contributed by atoms with E-state index in [1.807, 2.05) is 24.3 Å². The molecular weight excluding hydrogens is 506 g/mol. The first-order valence-corrected chi connectivity index (χ1v) is 16.9. The fraction of sp³-hybridized carbons (Fsp3) is 0.649. The minimum atomic E-state index is -0.582. The van der Waals surface area contributed by atoms with Crippen molar-refractivity contribution in [1.29, 1.82) is 0 Å². The van der Waals surface area contributed by atoms with E-state index in [9.17, 15) is 9.90 Å². The molecule has 0 spiro atoms. The van der Waals surface area contributed by atoms with Crippen LogP contribution in [0.2, 0.25) is 0 Å². The number of aliphatic hydroxyl groups is 1. The van der Waals surface area contributed by atoms with Crippen molar-refractivity contribution in [2.75, 3.05) is 6.54 Å². The zero-order valence-electron chi connectivity index (χ0n) is 26.1. The fourth-order valence-electron chi connectivity index (χ4n) is 6.33. The van der Waals surface area contributed by atoms with Gasteiger partial charge in [-0.15, -0.1) is 0 Å². The largest absolute Gasteiger partial charge is 0.427 e. The molecule has 228 valence electrons. The van der Waals surface area contributed by atoms with E-state index in [1.54, 1.807) is 0 Å². The molecule has 4 heteroatoms. The van der Waals surface area contributed by atoms with E-state index < -0.39 is 6.10 Å². The summed E-state index contributed by atoms with van der Waals surface area (Å²) >= 11 is 0. The number of unbranched alkanes of at least 4 members (excludes halogenated alkanes) is 12. The van der Waals surface area contributed by atoms with Crippen molar-refractivity contribution in [3.8, 4) is 5.75 Å².